The lowest BCUT2D eigenvalue weighted by Crippen LogP contribution is -2.33. The quantitative estimate of drug-likeness (QED) is 0.846. The van der Waals surface area contributed by atoms with E-state index in [-0.39, 0.29) is 11.9 Å². The van der Waals surface area contributed by atoms with Crippen molar-refractivity contribution in [3.8, 4) is 0 Å². The Balaban J connectivity index is 1.89. The van der Waals surface area contributed by atoms with Crippen LogP contribution in [-0.4, -0.2) is 12.5 Å². The highest BCUT2D eigenvalue weighted by Crippen LogP contribution is 2.33. The van der Waals surface area contributed by atoms with Crippen LogP contribution in [0.15, 0.2) is 11.4 Å². The second kappa shape index (κ2) is 7.23. The molecule has 0 saturated carbocycles. The number of fused-ring (bicyclic) bond motifs is 1. The minimum atomic E-state index is 0.158. The van der Waals surface area contributed by atoms with E-state index in [2.05, 4.69) is 30.6 Å². The molecule has 0 bridgehead atoms. The number of rotatable bonds is 6. The molecular formula is C16H26N2OS. The van der Waals surface area contributed by atoms with Crippen molar-refractivity contribution in [1.82, 2.24) is 5.32 Å². The summed E-state index contributed by atoms with van der Waals surface area (Å²) in [5, 5.41) is 5.35. The lowest BCUT2D eigenvalue weighted by molar-refractivity contribution is -0.122. The van der Waals surface area contributed by atoms with Crippen molar-refractivity contribution >= 4 is 17.2 Å². The molecule has 0 fully saturated rings. The van der Waals surface area contributed by atoms with Gasteiger partial charge in [-0.25, -0.2) is 0 Å². The Morgan fingerprint density at radius 3 is 3.05 bits per heavy atom. The Kier molecular flexibility index (Phi) is 5.61. The third-order valence-corrected chi connectivity index (χ3v) is 5.00. The third-order valence-electron chi connectivity index (χ3n) is 4.00. The van der Waals surface area contributed by atoms with Crippen LogP contribution in [0.2, 0.25) is 0 Å². The van der Waals surface area contributed by atoms with Gasteiger partial charge in [-0.2, -0.15) is 0 Å². The second-order valence-electron chi connectivity index (χ2n) is 6.25. The molecule has 0 spiro atoms. The summed E-state index contributed by atoms with van der Waals surface area (Å²) >= 11 is 1.81. The lowest BCUT2D eigenvalue weighted by atomic mass is 9.92. The van der Waals surface area contributed by atoms with E-state index in [1.807, 2.05) is 11.3 Å². The zero-order valence-electron chi connectivity index (χ0n) is 12.5. The molecule has 3 nitrogen and oxygen atoms in total. The molecule has 2 atom stereocenters. The normalized spacial score (nSPS) is 19.7. The minimum Gasteiger partial charge on any atom is -0.349 e. The van der Waals surface area contributed by atoms with Gasteiger partial charge in [-0.3, -0.25) is 4.79 Å². The van der Waals surface area contributed by atoms with Crippen molar-refractivity contribution in [2.45, 2.75) is 52.0 Å². The molecule has 20 heavy (non-hydrogen) atoms. The summed E-state index contributed by atoms with van der Waals surface area (Å²) in [5.41, 5.74) is 7.12. The van der Waals surface area contributed by atoms with Crippen molar-refractivity contribution in [3.05, 3.63) is 21.9 Å². The summed E-state index contributed by atoms with van der Waals surface area (Å²) in [4.78, 5) is 13.7. The molecule has 1 heterocycles. The molecule has 0 aliphatic heterocycles. The Hall–Kier alpha value is -0.870. The van der Waals surface area contributed by atoms with E-state index in [1.54, 1.807) is 0 Å². The summed E-state index contributed by atoms with van der Waals surface area (Å²) in [6, 6.07) is 2.38. The van der Waals surface area contributed by atoms with Crippen LogP contribution in [0.4, 0.5) is 0 Å². The molecule has 2 rings (SSSR count). The number of thiophene rings is 1. The average Bonchev–Trinajstić information content (AvgIpc) is 2.86. The number of hydrogen-bond acceptors (Lipinski definition) is 3. The largest absolute Gasteiger partial charge is 0.349 e. The molecule has 0 aromatic carbocycles. The third kappa shape index (κ3) is 4.06. The molecule has 3 N–H and O–H groups in total. The minimum absolute atomic E-state index is 0.158. The van der Waals surface area contributed by atoms with E-state index in [9.17, 15) is 4.79 Å². The molecule has 0 saturated heterocycles. The van der Waals surface area contributed by atoms with Gasteiger partial charge in [-0.15, -0.1) is 11.3 Å². The fourth-order valence-electron chi connectivity index (χ4n) is 3.08. The lowest BCUT2D eigenvalue weighted by Gasteiger charge is -2.25. The van der Waals surface area contributed by atoms with Gasteiger partial charge in [0.1, 0.15) is 0 Å². The van der Waals surface area contributed by atoms with Gasteiger partial charge in [0.15, 0.2) is 0 Å². The monoisotopic (exact) mass is 294 g/mol. The van der Waals surface area contributed by atoms with Crippen molar-refractivity contribution in [2.75, 3.05) is 6.54 Å². The van der Waals surface area contributed by atoms with Crippen LogP contribution in [0.1, 0.15) is 56.0 Å². The van der Waals surface area contributed by atoms with Crippen molar-refractivity contribution in [1.29, 1.82) is 0 Å². The summed E-state index contributed by atoms with van der Waals surface area (Å²) in [6.07, 6.45) is 4.98. The highest BCUT2D eigenvalue weighted by molar-refractivity contribution is 7.10. The van der Waals surface area contributed by atoms with Gasteiger partial charge >= 0.3 is 0 Å². The summed E-state index contributed by atoms with van der Waals surface area (Å²) in [7, 11) is 0. The first-order valence-electron chi connectivity index (χ1n) is 7.65. The van der Waals surface area contributed by atoms with E-state index >= 15 is 0 Å². The average molecular weight is 294 g/mol. The Morgan fingerprint density at radius 2 is 2.35 bits per heavy atom. The van der Waals surface area contributed by atoms with Gasteiger partial charge < -0.3 is 11.1 Å². The first-order valence-corrected chi connectivity index (χ1v) is 8.53. The first kappa shape index (κ1) is 15.5. The molecule has 1 unspecified atom stereocenters. The molecule has 1 amide bonds. The number of carbonyl (C=O) groups excluding carboxylic acids is 1. The second-order valence-corrected chi connectivity index (χ2v) is 7.25. The SMILES string of the molecule is CC(C)C[C@H](CN)CC(=O)NC1CCCc2sccc21. The molecule has 0 radical (unpaired) electrons. The van der Waals surface area contributed by atoms with Gasteiger partial charge in [-0.1, -0.05) is 13.8 Å². The number of amides is 1. The Labute approximate surface area is 125 Å². The van der Waals surface area contributed by atoms with Gasteiger partial charge in [0, 0.05) is 11.3 Å². The molecule has 1 aromatic rings. The van der Waals surface area contributed by atoms with Crippen LogP contribution < -0.4 is 11.1 Å². The molecule has 112 valence electrons. The Bertz CT molecular complexity index is 441. The standard InChI is InChI=1S/C16H26N2OS/c1-11(2)8-12(10-17)9-16(19)18-14-4-3-5-15-13(14)6-7-20-15/h6-7,11-12,14H,3-5,8-10,17H2,1-2H3,(H,18,19)/t12-,14?/m0/s1. The zero-order valence-corrected chi connectivity index (χ0v) is 13.3. The van der Waals surface area contributed by atoms with Gasteiger partial charge in [0.2, 0.25) is 5.91 Å². The first-order chi connectivity index (χ1) is 9.60. The van der Waals surface area contributed by atoms with Crippen molar-refractivity contribution in [2.24, 2.45) is 17.6 Å². The smallest absolute Gasteiger partial charge is 0.220 e. The summed E-state index contributed by atoms with van der Waals surface area (Å²) < 4.78 is 0. The van der Waals surface area contributed by atoms with Crippen molar-refractivity contribution in [3.63, 3.8) is 0 Å². The van der Waals surface area contributed by atoms with Crippen LogP contribution in [0.3, 0.4) is 0 Å². The maximum absolute atomic E-state index is 12.2. The van der Waals surface area contributed by atoms with Crippen molar-refractivity contribution < 1.29 is 4.79 Å². The Morgan fingerprint density at radius 1 is 1.55 bits per heavy atom. The van der Waals surface area contributed by atoms with Crippen LogP contribution in [0, 0.1) is 11.8 Å². The van der Waals surface area contributed by atoms with E-state index in [4.69, 9.17) is 5.73 Å². The fraction of sp³-hybridized carbons (Fsp3) is 0.688. The number of nitrogens with two attached hydrogens (primary N) is 1. The van der Waals surface area contributed by atoms with Crippen LogP contribution in [0.25, 0.3) is 0 Å². The number of carbonyl (C=O) groups is 1. The van der Waals surface area contributed by atoms with Crippen LogP contribution in [0.5, 0.6) is 0 Å². The van der Waals surface area contributed by atoms with Gasteiger partial charge in [0.05, 0.1) is 6.04 Å². The predicted molar refractivity (Wildman–Crippen MR) is 84.8 cm³/mol. The van der Waals surface area contributed by atoms with Crippen LogP contribution in [-0.2, 0) is 11.2 Å². The summed E-state index contributed by atoms with van der Waals surface area (Å²) in [6.45, 7) is 4.96. The molecule has 1 aliphatic rings. The highest BCUT2D eigenvalue weighted by Gasteiger charge is 2.23. The van der Waals surface area contributed by atoms with E-state index in [1.165, 1.54) is 16.9 Å². The molecule has 1 aliphatic carbocycles. The maximum atomic E-state index is 12.2. The van der Waals surface area contributed by atoms with E-state index in [0.717, 1.165) is 19.3 Å². The molecule has 1 aromatic heterocycles. The fourth-order valence-corrected chi connectivity index (χ4v) is 4.07. The number of nitrogens with one attached hydrogen (secondary N) is 1. The van der Waals surface area contributed by atoms with Gasteiger partial charge in [-0.05, 0) is 61.1 Å². The zero-order chi connectivity index (χ0) is 14.5. The van der Waals surface area contributed by atoms with Gasteiger partial charge in [0.25, 0.3) is 0 Å². The van der Waals surface area contributed by atoms with Crippen LogP contribution >= 0.6 is 11.3 Å². The molecule has 4 heteroatoms. The van der Waals surface area contributed by atoms with E-state index < -0.39 is 0 Å². The number of hydrogen-bond donors (Lipinski definition) is 2. The number of aryl methyl sites for hydroxylation is 1. The predicted octanol–water partition coefficient (Wildman–Crippen LogP) is 3.25. The topological polar surface area (TPSA) is 55.1 Å². The molecular weight excluding hydrogens is 268 g/mol. The highest BCUT2D eigenvalue weighted by atomic mass is 32.1. The summed E-state index contributed by atoms with van der Waals surface area (Å²) in [5.74, 6) is 1.06. The van der Waals surface area contributed by atoms with E-state index in [0.29, 0.717) is 24.8 Å². The maximum Gasteiger partial charge on any atom is 0.220 e.